The molecular formula is C2H6KNOWY2-. The monoisotopic (exact) mass is 461 g/mol. The van der Waals surface area contributed by atoms with Crippen LogP contribution in [0.25, 0.3) is 6.15 Å². The van der Waals surface area contributed by atoms with Crippen LogP contribution in [0.2, 0.25) is 0 Å². The molecule has 0 heterocycles. The van der Waals surface area contributed by atoms with Gasteiger partial charge in [-0.1, -0.05) is 0 Å². The normalized spacial score (nSPS) is 1.62. The van der Waals surface area contributed by atoms with Crippen molar-refractivity contribution in [1.82, 2.24) is 0 Å². The van der Waals surface area contributed by atoms with Gasteiger partial charge in [-0.05, 0) is 6.92 Å². The molecule has 3 radical (unpaired) electrons. The molecule has 0 amide bonds. The summed E-state index contributed by atoms with van der Waals surface area (Å²) in [6.07, 6.45) is 0.750. The van der Waals surface area contributed by atoms with Gasteiger partial charge in [0.15, 0.2) is 0 Å². The van der Waals surface area contributed by atoms with Crippen molar-refractivity contribution in [3.63, 3.8) is 0 Å². The molecule has 0 aliphatic rings. The van der Waals surface area contributed by atoms with Gasteiger partial charge < -0.3 is 10.9 Å². The second kappa shape index (κ2) is 43.3. The van der Waals surface area contributed by atoms with Crippen molar-refractivity contribution >= 4 is 57.7 Å². The molecule has 0 saturated carbocycles. The van der Waals surface area contributed by atoms with Crippen LogP contribution in [0.3, 0.4) is 0 Å². The molecule has 0 aromatic rings. The van der Waals surface area contributed by atoms with Crippen molar-refractivity contribution in [1.29, 1.82) is 0 Å². The van der Waals surface area contributed by atoms with Crippen molar-refractivity contribution in [3.8, 4) is 0 Å². The van der Waals surface area contributed by atoms with Crippen LogP contribution in [0, 0.1) is 0 Å². The number of rotatable bonds is 0. The fraction of sp³-hybridized carbons (Fsp3) is 0.500. The van der Waals surface area contributed by atoms with Crippen LogP contribution >= 0.6 is 0 Å². The van der Waals surface area contributed by atoms with E-state index in [0.29, 0.717) is 0 Å². The summed E-state index contributed by atoms with van der Waals surface area (Å²) in [4.78, 5) is 8.81. The molecule has 8 heavy (non-hydrogen) atoms. The van der Waals surface area contributed by atoms with E-state index in [4.69, 9.17) is 4.79 Å². The Bertz CT molecular complexity index is 27.5. The van der Waals surface area contributed by atoms with Gasteiger partial charge in [0.05, 0.1) is 0 Å². The number of hydrogen-bond acceptors (Lipinski definition) is 1. The van der Waals surface area contributed by atoms with Gasteiger partial charge in [0.25, 0.3) is 0 Å². The van der Waals surface area contributed by atoms with Crippen molar-refractivity contribution in [2.45, 2.75) is 6.92 Å². The van der Waals surface area contributed by atoms with Gasteiger partial charge in [-0.15, -0.1) is 0 Å². The maximum atomic E-state index is 8.81. The molecule has 0 unspecified atom stereocenters. The summed E-state index contributed by atoms with van der Waals surface area (Å²) in [5.41, 5.74) is 0. The fourth-order valence-corrected chi connectivity index (χ4v) is 0. The number of carbonyl (C=O) groups excluding carboxylic acids is 1. The van der Waals surface area contributed by atoms with Crippen LogP contribution in [0.1, 0.15) is 6.92 Å². The van der Waals surface area contributed by atoms with E-state index >= 15 is 0 Å². The van der Waals surface area contributed by atoms with E-state index in [1.165, 1.54) is 6.92 Å². The molecule has 0 atom stereocenters. The maximum absolute atomic E-state index is 8.81. The van der Waals surface area contributed by atoms with Gasteiger partial charge in [0, 0.05) is 138 Å². The molecule has 0 saturated heterocycles. The van der Waals surface area contributed by atoms with Crippen molar-refractivity contribution < 1.29 is 91.3 Å². The summed E-state index contributed by atoms with van der Waals surface area (Å²) in [6.45, 7) is 1.44. The average Bonchev–Trinajstić information content (AvgIpc) is 0.918. The molecule has 39 valence electrons. The number of nitrogens with two attached hydrogens (primary N) is 1. The van der Waals surface area contributed by atoms with Crippen molar-refractivity contribution in [3.05, 3.63) is 6.15 Å². The van der Waals surface area contributed by atoms with Crippen LogP contribution in [0.4, 0.5) is 0 Å². The minimum absolute atomic E-state index is 0. The predicted molar refractivity (Wildman–Crippen MR) is 22.8 cm³/mol. The minimum Gasteiger partial charge on any atom is -0.693 e. The summed E-state index contributed by atoms with van der Waals surface area (Å²) in [5.74, 6) is 0. The van der Waals surface area contributed by atoms with E-state index in [1.807, 2.05) is 0 Å². The van der Waals surface area contributed by atoms with E-state index in [2.05, 4.69) is 0 Å². The van der Waals surface area contributed by atoms with Gasteiger partial charge in [-0.2, -0.15) is 0 Å². The molecule has 0 spiro atoms. The second-order valence-corrected chi connectivity index (χ2v) is 0.236. The van der Waals surface area contributed by atoms with E-state index in [9.17, 15) is 0 Å². The molecule has 0 rings (SSSR count). The molecule has 0 aliphatic carbocycles. The van der Waals surface area contributed by atoms with Crippen LogP contribution in [-0.2, 0) is 91.3 Å². The first-order valence-electron chi connectivity index (χ1n) is 0.813. The van der Waals surface area contributed by atoms with Crippen LogP contribution in [0.5, 0.6) is 0 Å². The number of carbonyl (C=O) groups is 1. The minimum atomic E-state index is 0. The summed E-state index contributed by atoms with van der Waals surface area (Å²) in [5, 5.41) is 0. The standard InChI is InChI=1S/C2H4O.K.H2N.W.2Y/c1-2-3;;;;;/h2H,1H3;;1H2;;;/q;;-1;;;. The van der Waals surface area contributed by atoms with Gasteiger partial charge in [0.1, 0.15) is 6.29 Å². The molecule has 2 nitrogen and oxygen atoms in total. The van der Waals surface area contributed by atoms with Crippen molar-refractivity contribution in [2.75, 3.05) is 0 Å². The first-order chi connectivity index (χ1) is 1.41. The van der Waals surface area contributed by atoms with Gasteiger partial charge >= 0.3 is 0 Å². The fourth-order valence-electron chi connectivity index (χ4n) is 0. The van der Waals surface area contributed by atoms with E-state index in [-0.39, 0.29) is 144 Å². The molecule has 0 bridgehead atoms. The van der Waals surface area contributed by atoms with E-state index in [0.717, 1.165) is 6.29 Å². The predicted octanol–water partition coefficient (Wildman–Crippen LogP) is 0.534. The molecular weight excluding hydrogens is 455 g/mol. The van der Waals surface area contributed by atoms with E-state index in [1.54, 1.807) is 0 Å². The molecule has 2 N–H and O–H groups in total. The smallest absolute Gasteiger partial charge is 0.116 e. The Hall–Kier alpha value is 4.16. The zero-order chi connectivity index (χ0) is 2.71. The molecule has 0 fully saturated rings. The molecule has 0 aromatic carbocycles. The summed E-state index contributed by atoms with van der Waals surface area (Å²) < 4.78 is 0. The summed E-state index contributed by atoms with van der Waals surface area (Å²) in [6, 6.07) is 0. The maximum Gasteiger partial charge on any atom is 0.116 e. The van der Waals surface area contributed by atoms with Crippen molar-refractivity contribution in [2.24, 2.45) is 0 Å². The molecule has 0 aromatic heterocycles. The molecule has 6 heteroatoms. The number of aldehydes is 1. The molecule has 0 aliphatic heterocycles. The Morgan fingerprint density at radius 2 is 1.25 bits per heavy atom. The Morgan fingerprint density at radius 3 is 1.25 bits per heavy atom. The summed E-state index contributed by atoms with van der Waals surface area (Å²) >= 11 is 0. The largest absolute Gasteiger partial charge is 0.693 e. The first kappa shape index (κ1) is 39.9. The second-order valence-electron chi connectivity index (χ2n) is 0.236. The Balaban J connectivity index is -0.00000000200. The summed E-state index contributed by atoms with van der Waals surface area (Å²) in [7, 11) is 0. The van der Waals surface area contributed by atoms with Crippen LogP contribution in [0.15, 0.2) is 0 Å². The zero-order valence-corrected chi connectivity index (χ0v) is 16.9. The third-order valence-corrected chi connectivity index (χ3v) is 0. The van der Waals surface area contributed by atoms with Gasteiger partial charge in [-0.3, -0.25) is 0 Å². The third-order valence-electron chi connectivity index (χ3n) is 0. The van der Waals surface area contributed by atoms with Crippen LogP contribution in [-0.4, -0.2) is 57.7 Å². The number of hydrogen-bond donors (Lipinski definition) is 0. The Morgan fingerprint density at radius 1 is 1.25 bits per heavy atom. The first-order valence-corrected chi connectivity index (χ1v) is 0.813. The van der Waals surface area contributed by atoms with Crippen LogP contribution < -0.4 is 0 Å². The topological polar surface area (TPSA) is 50.6 Å². The van der Waals surface area contributed by atoms with E-state index < -0.39 is 0 Å². The Labute approximate surface area is 157 Å². The third kappa shape index (κ3) is 49.2. The van der Waals surface area contributed by atoms with Gasteiger partial charge in [-0.25, -0.2) is 0 Å². The average molecular weight is 461 g/mol. The zero-order valence-electron chi connectivity index (χ0n) is 5.13. The van der Waals surface area contributed by atoms with Gasteiger partial charge in [0.2, 0.25) is 0 Å². The quantitative estimate of drug-likeness (QED) is 0.384. The SMILES string of the molecule is CC=O.[K].[NH2-].[W].[Y].[Y]. The Kier molecular flexibility index (Phi) is 216.